The summed E-state index contributed by atoms with van der Waals surface area (Å²) in [5.41, 5.74) is 1.04. The number of methoxy groups -OCH3 is 1. The van der Waals surface area contributed by atoms with E-state index in [0.29, 0.717) is 6.04 Å². The van der Waals surface area contributed by atoms with Gasteiger partial charge in [-0.3, -0.25) is 4.90 Å². The average Bonchev–Trinajstić information content (AvgIpc) is 3.09. The van der Waals surface area contributed by atoms with Crippen LogP contribution in [0.3, 0.4) is 0 Å². The fraction of sp³-hybridized carbons (Fsp3) is 0.533. The van der Waals surface area contributed by atoms with E-state index in [0.717, 1.165) is 29.5 Å². The molecular formula is C15H21N3OS. The average molecular weight is 291 g/mol. The fourth-order valence-electron chi connectivity index (χ4n) is 2.86. The number of likely N-dealkylation sites (tertiary alicyclic amines) is 1. The first-order valence-corrected chi connectivity index (χ1v) is 8.04. The standard InChI is InChI=1S/C15H21N3OS/c1-3-18-8-4-5-11(18)10-16-15-17-13-7-6-12(19-2)9-14(13)20-15/h6-7,9,11H,3-5,8,10H2,1-2H3,(H,16,17). The number of ether oxygens (including phenoxy) is 1. The van der Waals surface area contributed by atoms with Crippen LogP contribution >= 0.6 is 11.3 Å². The number of fused-ring (bicyclic) bond motifs is 1. The SMILES string of the molecule is CCN1CCCC1CNc1nc2ccc(OC)cc2s1. The normalized spacial score (nSPS) is 19.6. The smallest absolute Gasteiger partial charge is 0.183 e. The Hall–Kier alpha value is -1.33. The summed E-state index contributed by atoms with van der Waals surface area (Å²) in [6.45, 7) is 5.61. The lowest BCUT2D eigenvalue weighted by molar-refractivity contribution is 0.277. The Morgan fingerprint density at radius 3 is 3.20 bits per heavy atom. The first-order chi connectivity index (χ1) is 9.80. The van der Waals surface area contributed by atoms with Crippen molar-refractivity contribution in [1.29, 1.82) is 0 Å². The van der Waals surface area contributed by atoms with Crippen LogP contribution in [0.2, 0.25) is 0 Å². The van der Waals surface area contributed by atoms with E-state index in [1.54, 1.807) is 18.4 Å². The van der Waals surface area contributed by atoms with Gasteiger partial charge in [0, 0.05) is 12.6 Å². The van der Waals surface area contributed by atoms with E-state index in [-0.39, 0.29) is 0 Å². The predicted octanol–water partition coefficient (Wildman–Crippen LogP) is 3.20. The number of hydrogen-bond donors (Lipinski definition) is 1. The molecule has 20 heavy (non-hydrogen) atoms. The maximum atomic E-state index is 5.25. The Morgan fingerprint density at radius 1 is 1.50 bits per heavy atom. The Balaban J connectivity index is 1.68. The molecule has 0 aliphatic carbocycles. The zero-order chi connectivity index (χ0) is 13.9. The first kappa shape index (κ1) is 13.6. The number of thiazole rings is 1. The van der Waals surface area contributed by atoms with E-state index in [1.165, 1.54) is 24.1 Å². The monoisotopic (exact) mass is 291 g/mol. The molecule has 0 radical (unpaired) electrons. The second-order valence-corrected chi connectivity index (χ2v) is 6.19. The molecule has 0 amide bonds. The molecule has 4 nitrogen and oxygen atoms in total. The summed E-state index contributed by atoms with van der Waals surface area (Å²) in [5, 5.41) is 4.51. The molecule has 0 spiro atoms. The maximum absolute atomic E-state index is 5.25. The number of benzene rings is 1. The third-order valence-electron chi connectivity index (χ3n) is 3.99. The van der Waals surface area contributed by atoms with Gasteiger partial charge in [-0.2, -0.15) is 0 Å². The molecule has 1 atom stereocenters. The summed E-state index contributed by atoms with van der Waals surface area (Å²) in [6.07, 6.45) is 2.61. The van der Waals surface area contributed by atoms with E-state index >= 15 is 0 Å². The molecule has 1 aliphatic rings. The number of anilines is 1. The first-order valence-electron chi connectivity index (χ1n) is 7.22. The van der Waals surface area contributed by atoms with E-state index < -0.39 is 0 Å². The van der Waals surface area contributed by atoms with Crippen LogP contribution in [0.1, 0.15) is 19.8 Å². The van der Waals surface area contributed by atoms with Gasteiger partial charge in [-0.1, -0.05) is 18.3 Å². The molecule has 5 heteroatoms. The molecule has 2 heterocycles. The summed E-state index contributed by atoms with van der Waals surface area (Å²) in [4.78, 5) is 7.18. The summed E-state index contributed by atoms with van der Waals surface area (Å²) in [5.74, 6) is 0.889. The van der Waals surface area contributed by atoms with Gasteiger partial charge in [0.1, 0.15) is 5.75 Å². The number of nitrogens with zero attached hydrogens (tertiary/aromatic N) is 2. The Morgan fingerprint density at radius 2 is 2.40 bits per heavy atom. The van der Waals surface area contributed by atoms with Crippen LogP contribution in [0.5, 0.6) is 5.75 Å². The molecule has 1 saturated heterocycles. The second-order valence-electron chi connectivity index (χ2n) is 5.16. The Labute approximate surface area is 123 Å². The van der Waals surface area contributed by atoms with Crippen LogP contribution in [0.25, 0.3) is 10.2 Å². The van der Waals surface area contributed by atoms with Crippen molar-refractivity contribution in [3.63, 3.8) is 0 Å². The van der Waals surface area contributed by atoms with E-state index in [2.05, 4.69) is 22.1 Å². The molecule has 1 aliphatic heterocycles. The van der Waals surface area contributed by atoms with Crippen molar-refractivity contribution < 1.29 is 4.74 Å². The highest BCUT2D eigenvalue weighted by molar-refractivity contribution is 7.22. The van der Waals surface area contributed by atoms with Crippen LogP contribution in [-0.4, -0.2) is 42.7 Å². The number of rotatable bonds is 5. The highest BCUT2D eigenvalue weighted by Gasteiger charge is 2.22. The lowest BCUT2D eigenvalue weighted by Gasteiger charge is -2.22. The van der Waals surface area contributed by atoms with Crippen molar-refractivity contribution in [2.75, 3.05) is 32.1 Å². The van der Waals surface area contributed by atoms with Gasteiger partial charge >= 0.3 is 0 Å². The van der Waals surface area contributed by atoms with Gasteiger partial charge in [0.05, 0.1) is 17.3 Å². The zero-order valence-electron chi connectivity index (χ0n) is 12.1. The summed E-state index contributed by atoms with van der Waals surface area (Å²) < 4.78 is 6.43. The summed E-state index contributed by atoms with van der Waals surface area (Å²) in [6, 6.07) is 6.68. The Bertz CT molecular complexity index is 584. The van der Waals surface area contributed by atoms with Crippen molar-refractivity contribution >= 4 is 26.7 Å². The number of aromatic nitrogens is 1. The van der Waals surface area contributed by atoms with Gasteiger partial charge < -0.3 is 10.1 Å². The maximum Gasteiger partial charge on any atom is 0.183 e. The van der Waals surface area contributed by atoms with Gasteiger partial charge in [0.15, 0.2) is 5.13 Å². The topological polar surface area (TPSA) is 37.4 Å². The number of nitrogens with one attached hydrogen (secondary N) is 1. The van der Waals surface area contributed by atoms with Crippen molar-refractivity contribution in [1.82, 2.24) is 9.88 Å². The van der Waals surface area contributed by atoms with Crippen molar-refractivity contribution in [2.24, 2.45) is 0 Å². The van der Waals surface area contributed by atoms with Crippen LogP contribution in [0.4, 0.5) is 5.13 Å². The molecule has 1 aromatic carbocycles. The molecule has 1 unspecified atom stereocenters. The van der Waals surface area contributed by atoms with Crippen molar-refractivity contribution in [3.8, 4) is 5.75 Å². The zero-order valence-corrected chi connectivity index (χ0v) is 12.9. The summed E-state index contributed by atoms with van der Waals surface area (Å²) >= 11 is 1.70. The van der Waals surface area contributed by atoms with Crippen LogP contribution in [0, 0.1) is 0 Å². The van der Waals surface area contributed by atoms with Crippen molar-refractivity contribution in [3.05, 3.63) is 18.2 Å². The molecule has 1 fully saturated rings. The van der Waals surface area contributed by atoms with Crippen LogP contribution in [0.15, 0.2) is 18.2 Å². The highest BCUT2D eigenvalue weighted by Crippen LogP contribution is 2.29. The Kier molecular flexibility index (Phi) is 4.08. The van der Waals surface area contributed by atoms with E-state index in [9.17, 15) is 0 Å². The van der Waals surface area contributed by atoms with Crippen LogP contribution < -0.4 is 10.1 Å². The minimum atomic E-state index is 0.654. The van der Waals surface area contributed by atoms with Gasteiger partial charge in [0.2, 0.25) is 0 Å². The molecular weight excluding hydrogens is 270 g/mol. The number of likely N-dealkylation sites (N-methyl/N-ethyl adjacent to an activating group) is 1. The van der Waals surface area contributed by atoms with Gasteiger partial charge in [0.25, 0.3) is 0 Å². The lowest BCUT2D eigenvalue weighted by atomic mass is 10.2. The molecule has 108 valence electrons. The van der Waals surface area contributed by atoms with Gasteiger partial charge in [-0.25, -0.2) is 4.98 Å². The highest BCUT2D eigenvalue weighted by atomic mass is 32.1. The fourth-order valence-corrected chi connectivity index (χ4v) is 3.76. The third kappa shape index (κ3) is 2.74. The molecule has 0 saturated carbocycles. The molecule has 2 aromatic rings. The lowest BCUT2D eigenvalue weighted by Crippen LogP contribution is -2.34. The second kappa shape index (κ2) is 5.97. The van der Waals surface area contributed by atoms with Crippen molar-refractivity contribution in [2.45, 2.75) is 25.8 Å². The minimum absolute atomic E-state index is 0.654. The third-order valence-corrected chi connectivity index (χ3v) is 4.97. The quantitative estimate of drug-likeness (QED) is 0.918. The number of hydrogen-bond acceptors (Lipinski definition) is 5. The molecule has 0 bridgehead atoms. The minimum Gasteiger partial charge on any atom is -0.497 e. The molecule has 1 N–H and O–H groups in total. The van der Waals surface area contributed by atoms with Crippen LogP contribution in [-0.2, 0) is 0 Å². The largest absolute Gasteiger partial charge is 0.497 e. The molecule has 3 rings (SSSR count). The van der Waals surface area contributed by atoms with Gasteiger partial charge in [-0.05, 0) is 44.1 Å². The molecule has 1 aromatic heterocycles. The van der Waals surface area contributed by atoms with E-state index in [4.69, 9.17) is 4.74 Å². The van der Waals surface area contributed by atoms with Gasteiger partial charge in [-0.15, -0.1) is 0 Å². The van der Waals surface area contributed by atoms with E-state index in [1.807, 2.05) is 18.2 Å². The predicted molar refractivity (Wildman–Crippen MR) is 84.9 cm³/mol. The summed E-state index contributed by atoms with van der Waals surface area (Å²) in [7, 11) is 1.70.